The lowest BCUT2D eigenvalue weighted by Gasteiger charge is -2.16. The van der Waals surface area contributed by atoms with Gasteiger partial charge in [0.1, 0.15) is 17.5 Å². The zero-order chi connectivity index (χ0) is 19.5. The van der Waals surface area contributed by atoms with Crippen LogP contribution < -0.4 is 16.4 Å². The lowest BCUT2D eigenvalue weighted by atomic mass is 10.1. The van der Waals surface area contributed by atoms with Crippen molar-refractivity contribution in [1.29, 1.82) is 0 Å². The van der Waals surface area contributed by atoms with Gasteiger partial charge < -0.3 is 16.4 Å². The largest absolute Gasteiger partial charge is 0.368 e. The quantitative estimate of drug-likeness (QED) is 0.381. The third-order valence-corrected chi connectivity index (χ3v) is 5.00. The van der Waals surface area contributed by atoms with Gasteiger partial charge >= 0.3 is 0 Å². The average molecular weight is 395 g/mol. The molecule has 0 radical (unpaired) electrons. The van der Waals surface area contributed by atoms with E-state index in [9.17, 15) is 4.39 Å². The smallest absolute Gasteiger partial charge is 0.223 e. The number of aromatic amines is 1. The molecule has 0 bridgehead atoms. The van der Waals surface area contributed by atoms with E-state index in [4.69, 9.17) is 5.73 Å². The minimum absolute atomic E-state index is 0.0847. The van der Waals surface area contributed by atoms with E-state index in [1.165, 1.54) is 12.1 Å². The Morgan fingerprint density at radius 2 is 1.86 bits per heavy atom. The summed E-state index contributed by atoms with van der Waals surface area (Å²) in [6.45, 7) is 1.96. The summed E-state index contributed by atoms with van der Waals surface area (Å²) in [5.74, 6) is 1.56. The molecule has 0 aliphatic heterocycles. The van der Waals surface area contributed by atoms with E-state index in [-0.39, 0.29) is 17.8 Å². The number of aromatic nitrogens is 4. The minimum Gasteiger partial charge on any atom is -0.368 e. The molecule has 0 amide bonds. The van der Waals surface area contributed by atoms with Crippen LogP contribution >= 0.6 is 11.3 Å². The topological polar surface area (TPSA) is 105 Å². The van der Waals surface area contributed by atoms with E-state index < -0.39 is 0 Å². The van der Waals surface area contributed by atoms with Gasteiger partial charge in [-0.1, -0.05) is 18.2 Å². The van der Waals surface area contributed by atoms with Crippen LogP contribution in [0.2, 0.25) is 0 Å². The molecule has 5 N–H and O–H groups in total. The number of hydrogen-bond acceptors (Lipinski definition) is 7. The Bertz CT molecular complexity index is 1060. The van der Waals surface area contributed by atoms with Crippen LogP contribution in [0.1, 0.15) is 18.5 Å². The number of nitrogen functional groups attached to an aromatic ring is 1. The van der Waals surface area contributed by atoms with Gasteiger partial charge in [-0.05, 0) is 36.1 Å². The van der Waals surface area contributed by atoms with Crippen LogP contribution in [-0.4, -0.2) is 20.2 Å². The van der Waals surface area contributed by atoms with Crippen LogP contribution in [-0.2, 0) is 0 Å². The SMILES string of the molecule is CC(Nc1cc(Nc2cc(-c3cccs3)[nH]n2)nc(N)n1)c1ccc(F)cc1. The van der Waals surface area contributed by atoms with E-state index in [2.05, 4.69) is 30.8 Å². The normalized spacial score (nSPS) is 11.9. The maximum atomic E-state index is 13.1. The van der Waals surface area contributed by atoms with Gasteiger partial charge in [0.2, 0.25) is 5.95 Å². The molecule has 0 aliphatic rings. The molecule has 4 rings (SSSR count). The van der Waals surface area contributed by atoms with E-state index in [0.29, 0.717) is 17.5 Å². The molecular weight excluding hydrogens is 377 g/mol. The molecule has 0 aliphatic carbocycles. The summed E-state index contributed by atoms with van der Waals surface area (Å²) in [5.41, 5.74) is 7.70. The Kier molecular flexibility index (Phi) is 4.90. The molecule has 7 nitrogen and oxygen atoms in total. The van der Waals surface area contributed by atoms with E-state index >= 15 is 0 Å². The molecule has 0 saturated heterocycles. The Balaban J connectivity index is 1.50. The molecule has 1 atom stereocenters. The first kappa shape index (κ1) is 17.9. The van der Waals surface area contributed by atoms with Gasteiger partial charge in [0.05, 0.1) is 10.6 Å². The highest BCUT2D eigenvalue weighted by atomic mass is 32.1. The van der Waals surface area contributed by atoms with Gasteiger partial charge in [0.15, 0.2) is 5.82 Å². The molecule has 1 unspecified atom stereocenters. The Morgan fingerprint density at radius 3 is 2.61 bits per heavy atom. The van der Waals surface area contributed by atoms with Gasteiger partial charge in [-0.3, -0.25) is 5.10 Å². The number of H-pyrrole nitrogens is 1. The fourth-order valence-electron chi connectivity index (χ4n) is 2.74. The van der Waals surface area contributed by atoms with Crippen molar-refractivity contribution in [2.45, 2.75) is 13.0 Å². The van der Waals surface area contributed by atoms with Crippen LogP contribution in [0.4, 0.5) is 27.8 Å². The zero-order valence-corrected chi connectivity index (χ0v) is 15.8. The number of thiophene rings is 1. The predicted octanol–water partition coefficient (Wildman–Crippen LogP) is 4.57. The fraction of sp³-hybridized carbons (Fsp3) is 0.105. The fourth-order valence-corrected chi connectivity index (χ4v) is 3.43. The molecule has 1 aromatic carbocycles. The van der Waals surface area contributed by atoms with Gasteiger partial charge in [-0.25, -0.2) is 4.39 Å². The summed E-state index contributed by atoms with van der Waals surface area (Å²) in [4.78, 5) is 9.52. The number of anilines is 4. The summed E-state index contributed by atoms with van der Waals surface area (Å²) in [5, 5.41) is 15.6. The summed E-state index contributed by atoms with van der Waals surface area (Å²) in [6, 6.07) is 13.9. The van der Waals surface area contributed by atoms with Crippen molar-refractivity contribution in [1.82, 2.24) is 20.2 Å². The maximum absolute atomic E-state index is 13.1. The summed E-state index contributed by atoms with van der Waals surface area (Å²) in [7, 11) is 0. The first-order chi connectivity index (χ1) is 13.6. The van der Waals surface area contributed by atoms with Crippen molar-refractivity contribution in [3.05, 3.63) is 65.3 Å². The second-order valence-corrected chi connectivity index (χ2v) is 7.13. The van der Waals surface area contributed by atoms with Gasteiger partial charge in [0.25, 0.3) is 0 Å². The Labute approximate surface area is 164 Å². The highest BCUT2D eigenvalue weighted by Crippen LogP contribution is 2.26. The van der Waals surface area contributed by atoms with Crippen molar-refractivity contribution in [2.24, 2.45) is 0 Å². The van der Waals surface area contributed by atoms with Crippen LogP contribution in [0.15, 0.2) is 53.9 Å². The second-order valence-electron chi connectivity index (χ2n) is 6.18. The molecule has 28 heavy (non-hydrogen) atoms. The first-order valence-corrected chi connectivity index (χ1v) is 9.47. The summed E-state index contributed by atoms with van der Waals surface area (Å²) < 4.78 is 13.1. The Morgan fingerprint density at radius 1 is 1.07 bits per heavy atom. The molecule has 3 heterocycles. The number of nitrogens with zero attached hydrogens (tertiary/aromatic N) is 3. The average Bonchev–Trinajstić information content (AvgIpc) is 3.33. The minimum atomic E-state index is -0.269. The highest BCUT2D eigenvalue weighted by Gasteiger charge is 2.10. The third kappa shape index (κ3) is 4.09. The number of benzene rings is 1. The standard InChI is InChI=1S/C19H18FN7S/c1-11(12-4-6-13(20)7-5-12)22-16-10-17(25-19(21)24-16)23-18-9-14(26-27-18)15-3-2-8-28-15/h2-11H,1H3,(H5,21,22,23,24,25,26,27). The number of halogens is 1. The van der Waals surface area contributed by atoms with Crippen molar-refractivity contribution >= 4 is 34.7 Å². The molecular formula is C19H18FN7S. The monoisotopic (exact) mass is 395 g/mol. The van der Waals surface area contributed by atoms with Crippen molar-refractivity contribution in [3.8, 4) is 10.6 Å². The maximum Gasteiger partial charge on any atom is 0.223 e. The van der Waals surface area contributed by atoms with Gasteiger partial charge in [-0.15, -0.1) is 11.3 Å². The summed E-state index contributed by atoms with van der Waals surface area (Å²) in [6.07, 6.45) is 0. The van der Waals surface area contributed by atoms with Gasteiger partial charge in [0, 0.05) is 18.2 Å². The second kappa shape index (κ2) is 7.65. The van der Waals surface area contributed by atoms with E-state index in [1.54, 1.807) is 29.5 Å². The van der Waals surface area contributed by atoms with Crippen LogP contribution in [0, 0.1) is 5.82 Å². The molecule has 0 saturated carbocycles. The van der Waals surface area contributed by atoms with E-state index in [0.717, 1.165) is 16.1 Å². The molecule has 142 valence electrons. The van der Waals surface area contributed by atoms with Crippen LogP contribution in [0.3, 0.4) is 0 Å². The molecule has 0 spiro atoms. The number of rotatable bonds is 6. The summed E-state index contributed by atoms with van der Waals surface area (Å²) >= 11 is 1.63. The van der Waals surface area contributed by atoms with Crippen LogP contribution in [0.5, 0.6) is 0 Å². The first-order valence-electron chi connectivity index (χ1n) is 8.60. The predicted molar refractivity (Wildman–Crippen MR) is 110 cm³/mol. The Hall–Kier alpha value is -3.46. The third-order valence-electron chi connectivity index (χ3n) is 4.10. The number of nitrogens with two attached hydrogens (primary N) is 1. The zero-order valence-electron chi connectivity index (χ0n) is 15.0. The molecule has 3 aromatic heterocycles. The van der Waals surface area contributed by atoms with E-state index in [1.807, 2.05) is 30.5 Å². The molecule has 9 heteroatoms. The number of nitrogens with one attached hydrogen (secondary N) is 3. The van der Waals surface area contributed by atoms with Crippen molar-refractivity contribution in [3.63, 3.8) is 0 Å². The number of hydrogen-bond donors (Lipinski definition) is 4. The highest BCUT2D eigenvalue weighted by molar-refractivity contribution is 7.13. The van der Waals surface area contributed by atoms with Gasteiger partial charge in [-0.2, -0.15) is 15.1 Å². The molecule has 0 fully saturated rings. The lowest BCUT2D eigenvalue weighted by molar-refractivity contribution is 0.626. The van der Waals surface area contributed by atoms with Crippen LogP contribution in [0.25, 0.3) is 10.6 Å². The van der Waals surface area contributed by atoms with Crippen molar-refractivity contribution < 1.29 is 4.39 Å². The van der Waals surface area contributed by atoms with Crippen molar-refractivity contribution in [2.75, 3.05) is 16.4 Å². The lowest BCUT2D eigenvalue weighted by Crippen LogP contribution is -2.10. The molecule has 4 aromatic rings.